The fourth-order valence-electron chi connectivity index (χ4n) is 3.53. The Hall–Kier alpha value is -2.12. The first-order valence-electron chi connectivity index (χ1n) is 9.47. The summed E-state index contributed by atoms with van der Waals surface area (Å²) in [5, 5.41) is 5.54. The number of hydrogen-bond donors (Lipinski definition) is 2. The third-order valence-electron chi connectivity index (χ3n) is 5.37. The molecule has 4 amide bonds. The number of hydrogen-bond acceptors (Lipinski definition) is 5. The van der Waals surface area contributed by atoms with Crippen molar-refractivity contribution in [2.45, 2.75) is 83.4 Å². The van der Waals surface area contributed by atoms with Crippen molar-refractivity contribution in [1.82, 2.24) is 15.5 Å². The molecule has 8 nitrogen and oxygen atoms in total. The lowest BCUT2D eigenvalue weighted by molar-refractivity contribution is -0.157. The molecule has 1 atom stereocenters. The van der Waals surface area contributed by atoms with E-state index < -0.39 is 36.1 Å². The zero-order valence-corrected chi connectivity index (χ0v) is 15.8. The zero-order chi connectivity index (χ0) is 19.3. The number of nitrogens with one attached hydrogen (secondary N) is 2. The molecule has 2 N–H and O–H groups in total. The van der Waals surface area contributed by atoms with E-state index in [1.54, 1.807) is 13.8 Å². The molecule has 1 saturated heterocycles. The molecular weight excluding hydrogens is 338 g/mol. The SMILES string of the molecule is CCC1(CC)NC(=O)N(CC(=O)O[C@@H](C)C(=O)NC2CCCCC2)C1=O. The molecule has 8 heteroatoms. The minimum absolute atomic E-state index is 0.123. The van der Waals surface area contributed by atoms with Gasteiger partial charge < -0.3 is 15.4 Å². The summed E-state index contributed by atoms with van der Waals surface area (Å²) < 4.78 is 5.12. The first-order valence-corrected chi connectivity index (χ1v) is 9.47. The Morgan fingerprint density at radius 3 is 2.38 bits per heavy atom. The van der Waals surface area contributed by atoms with Crippen molar-refractivity contribution in [3.8, 4) is 0 Å². The highest BCUT2D eigenvalue weighted by Gasteiger charge is 2.49. The molecule has 146 valence electrons. The van der Waals surface area contributed by atoms with Gasteiger partial charge in [-0.3, -0.25) is 19.3 Å². The number of nitrogens with zero attached hydrogens (tertiary/aromatic N) is 1. The minimum atomic E-state index is -0.965. The lowest BCUT2D eigenvalue weighted by Gasteiger charge is -2.25. The Morgan fingerprint density at radius 1 is 1.23 bits per heavy atom. The van der Waals surface area contributed by atoms with Crippen LogP contribution < -0.4 is 10.6 Å². The molecule has 2 aliphatic rings. The summed E-state index contributed by atoms with van der Waals surface area (Å²) in [6.07, 6.45) is 5.14. The lowest BCUT2D eigenvalue weighted by Crippen LogP contribution is -2.46. The van der Waals surface area contributed by atoms with Crippen LogP contribution in [-0.4, -0.2) is 52.9 Å². The quantitative estimate of drug-likeness (QED) is 0.524. The fraction of sp³-hybridized carbons (Fsp3) is 0.778. The number of esters is 1. The standard InChI is InChI=1S/C18H29N3O5/c1-4-18(5-2)16(24)21(17(25)20-18)11-14(22)26-12(3)15(23)19-13-9-7-6-8-10-13/h12-13H,4-11H2,1-3H3,(H,19,23)(H,20,25)/t12-/m0/s1. The zero-order valence-electron chi connectivity index (χ0n) is 15.8. The summed E-state index contributed by atoms with van der Waals surface area (Å²) in [5.74, 6) is -1.55. The number of carbonyl (C=O) groups excluding carboxylic acids is 4. The van der Waals surface area contributed by atoms with Crippen LogP contribution in [0.15, 0.2) is 0 Å². The second-order valence-corrected chi connectivity index (χ2v) is 7.09. The Labute approximate surface area is 154 Å². The van der Waals surface area contributed by atoms with Gasteiger partial charge in [-0.25, -0.2) is 4.79 Å². The maximum Gasteiger partial charge on any atom is 0.327 e. The summed E-state index contributed by atoms with van der Waals surface area (Å²) in [7, 11) is 0. The maximum atomic E-state index is 12.5. The van der Waals surface area contributed by atoms with Crippen molar-refractivity contribution in [2.24, 2.45) is 0 Å². The summed E-state index contributed by atoms with van der Waals surface area (Å²) in [4.78, 5) is 49.6. The number of rotatable bonds is 7. The van der Waals surface area contributed by atoms with Gasteiger partial charge in [-0.15, -0.1) is 0 Å². The fourth-order valence-corrected chi connectivity index (χ4v) is 3.53. The molecule has 1 aliphatic carbocycles. The van der Waals surface area contributed by atoms with E-state index in [1.165, 1.54) is 13.3 Å². The van der Waals surface area contributed by atoms with Gasteiger partial charge in [0.2, 0.25) is 0 Å². The Bertz CT molecular complexity index is 567. The summed E-state index contributed by atoms with van der Waals surface area (Å²) in [6, 6.07) is -0.479. The van der Waals surface area contributed by atoms with Crippen molar-refractivity contribution >= 4 is 23.8 Å². The third kappa shape index (κ3) is 4.34. The number of carbonyl (C=O) groups is 4. The Morgan fingerprint density at radius 2 is 1.85 bits per heavy atom. The van der Waals surface area contributed by atoms with Crippen molar-refractivity contribution in [3.05, 3.63) is 0 Å². The van der Waals surface area contributed by atoms with Gasteiger partial charge in [0.25, 0.3) is 11.8 Å². The number of urea groups is 1. The second kappa shape index (κ2) is 8.51. The molecule has 0 aromatic carbocycles. The molecule has 0 radical (unpaired) electrons. The predicted molar refractivity (Wildman–Crippen MR) is 94.1 cm³/mol. The van der Waals surface area contributed by atoms with E-state index in [0.717, 1.165) is 30.6 Å². The van der Waals surface area contributed by atoms with Crippen LogP contribution in [-0.2, 0) is 19.1 Å². The van der Waals surface area contributed by atoms with Crippen LogP contribution >= 0.6 is 0 Å². The average Bonchev–Trinajstić information content (AvgIpc) is 2.87. The third-order valence-corrected chi connectivity index (χ3v) is 5.37. The van der Waals surface area contributed by atoms with Crippen molar-refractivity contribution < 1.29 is 23.9 Å². The lowest BCUT2D eigenvalue weighted by atomic mass is 9.93. The monoisotopic (exact) mass is 367 g/mol. The van der Waals surface area contributed by atoms with Gasteiger partial charge in [0.05, 0.1) is 0 Å². The van der Waals surface area contributed by atoms with Gasteiger partial charge in [-0.1, -0.05) is 33.1 Å². The smallest absolute Gasteiger partial charge is 0.327 e. The molecular formula is C18H29N3O5. The minimum Gasteiger partial charge on any atom is -0.451 e. The first kappa shape index (κ1) is 20.2. The predicted octanol–water partition coefficient (Wildman–Crippen LogP) is 1.48. The molecule has 26 heavy (non-hydrogen) atoms. The van der Waals surface area contributed by atoms with Gasteiger partial charge >= 0.3 is 12.0 Å². The van der Waals surface area contributed by atoms with Crippen molar-refractivity contribution in [3.63, 3.8) is 0 Å². The van der Waals surface area contributed by atoms with Crippen LogP contribution in [0.2, 0.25) is 0 Å². The van der Waals surface area contributed by atoms with Crippen LogP contribution in [0, 0.1) is 0 Å². The van der Waals surface area contributed by atoms with Crippen LogP contribution in [0.25, 0.3) is 0 Å². The topological polar surface area (TPSA) is 105 Å². The van der Waals surface area contributed by atoms with Crippen LogP contribution in [0.1, 0.15) is 65.7 Å². The molecule has 1 heterocycles. The summed E-state index contributed by atoms with van der Waals surface area (Å²) in [6.45, 7) is 4.61. The molecule has 1 aliphatic heterocycles. The van der Waals surface area contributed by atoms with Crippen molar-refractivity contribution in [2.75, 3.05) is 6.54 Å². The van der Waals surface area contributed by atoms with Gasteiger partial charge in [-0.2, -0.15) is 0 Å². The summed E-state index contributed by atoms with van der Waals surface area (Å²) in [5.41, 5.74) is -0.957. The van der Waals surface area contributed by atoms with Crippen LogP contribution in [0.5, 0.6) is 0 Å². The molecule has 2 rings (SSSR count). The maximum absolute atomic E-state index is 12.5. The molecule has 0 aromatic rings. The van der Waals surface area contributed by atoms with Crippen molar-refractivity contribution in [1.29, 1.82) is 0 Å². The van der Waals surface area contributed by atoms with E-state index in [9.17, 15) is 19.2 Å². The van der Waals surface area contributed by atoms with E-state index in [0.29, 0.717) is 12.8 Å². The number of imide groups is 1. The largest absolute Gasteiger partial charge is 0.451 e. The van der Waals surface area contributed by atoms with Gasteiger partial charge in [0.15, 0.2) is 6.10 Å². The van der Waals surface area contributed by atoms with E-state index >= 15 is 0 Å². The normalized spacial score (nSPS) is 21.3. The Kier molecular flexibility index (Phi) is 6.61. The molecule has 2 fully saturated rings. The van der Waals surface area contributed by atoms with Crippen LogP contribution in [0.4, 0.5) is 4.79 Å². The van der Waals surface area contributed by atoms with Crippen LogP contribution in [0.3, 0.4) is 0 Å². The van der Waals surface area contributed by atoms with Gasteiger partial charge in [0, 0.05) is 6.04 Å². The number of amides is 4. The highest BCUT2D eigenvalue weighted by molar-refractivity contribution is 6.08. The highest BCUT2D eigenvalue weighted by atomic mass is 16.5. The molecule has 0 spiro atoms. The molecule has 0 aromatic heterocycles. The Balaban J connectivity index is 1.86. The van der Waals surface area contributed by atoms with E-state index in [1.807, 2.05) is 0 Å². The highest BCUT2D eigenvalue weighted by Crippen LogP contribution is 2.24. The van der Waals surface area contributed by atoms with E-state index in [4.69, 9.17) is 4.74 Å². The molecule has 1 saturated carbocycles. The van der Waals surface area contributed by atoms with Gasteiger partial charge in [0.1, 0.15) is 12.1 Å². The number of ether oxygens (including phenoxy) is 1. The second-order valence-electron chi connectivity index (χ2n) is 7.09. The molecule has 0 bridgehead atoms. The summed E-state index contributed by atoms with van der Waals surface area (Å²) >= 11 is 0. The molecule has 0 unspecified atom stereocenters. The van der Waals surface area contributed by atoms with E-state index in [2.05, 4.69) is 10.6 Å². The average molecular weight is 367 g/mol. The first-order chi connectivity index (χ1) is 12.3. The van der Waals surface area contributed by atoms with E-state index in [-0.39, 0.29) is 11.9 Å². The van der Waals surface area contributed by atoms with Gasteiger partial charge in [-0.05, 0) is 32.6 Å².